The molecule has 2 aromatic carbocycles. The van der Waals surface area contributed by atoms with Gasteiger partial charge in [0.1, 0.15) is 5.41 Å². The summed E-state index contributed by atoms with van der Waals surface area (Å²) in [5.74, 6) is -1.59. The van der Waals surface area contributed by atoms with Crippen LogP contribution in [0, 0.1) is 6.92 Å². The molecule has 0 bridgehead atoms. The van der Waals surface area contributed by atoms with Gasteiger partial charge in [0.2, 0.25) is 0 Å². The Morgan fingerprint density at radius 2 is 1.73 bits per heavy atom. The Bertz CT molecular complexity index is 938. The fourth-order valence-corrected chi connectivity index (χ4v) is 3.60. The topological polar surface area (TPSA) is 101 Å². The van der Waals surface area contributed by atoms with Crippen molar-refractivity contribution < 1.29 is 23.1 Å². The lowest BCUT2D eigenvalue weighted by Crippen LogP contribution is -2.44. The molecule has 138 valence electrons. The Morgan fingerprint density at radius 1 is 1.12 bits per heavy atom. The van der Waals surface area contributed by atoms with Crippen molar-refractivity contribution >= 4 is 21.7 Å². The van der Waals surface area contributed by atoms with E-state index >= 15 is 0 Å². The molecule has 2 N–H and O–H groups in total. The lowest BCUT2D eigenvalue weighted by atomic mass is 9.82. The second-order valence-corrected chi connectivity index (χ2v) is 8.42. The zero-order valence-electron chi connectivity index (χ0n) is 14.8. The van der Waals surface area contributed by atoms with E-state index in [0.29, 0.717) is 11.1 Å². The molecule has 0 spiro atoms. The van der Waals surface area contributed by atoms with Crippen molar-refractivity contribution in [3.05, 3.63) is 65.2 Å². The lowest BCUT2D eigenvalue weighted by molar-refractivity contribution is -0.142. The summed E-state index contributed by atoms with van der Waals surface area (Å²) >= 11 is 0. The molecule has 0 aromatic heterocycles. The van der Waals surface area contributed by atoms with Crippen molar-refractivity contribution in [1.29, 1.82) is 0 Å². The van der Waals surface area contributed by atoms with Crippen molar-refractivity contribution in [3.63, 3.8) is 0 Å². The van der Waals surface area contributed by atoms with Crippen LogP contribution < -0.4 is 5.32 Å². The number of carbonyl (C=O) groups is 2. The van der Waals surface area contributed by atoms with Gasteiger partial charge >= 0.3 is 5.97 Å². The number of carboxylic acids is 1. The van der Waals surface area contributed by atoms with E-state index in [1.165, 1.54) is 19.1 Å². The maximum atomic E-state index is 12.4. The van der Waals surface area contributed by atoms with Crippen LogP contribution in [0.4, 0.5) is 0 Å². The van der Waals surface area contributed by atoms with E-state index in [1.807, 2.05) is 0 Å². The second kappa shape index (κ2) is 7.29. The number of hydrogen-bond donors (Lipinski definition) is 2. The van der Waals surface area contributed by atoms with Crippen LogP contribution in [0.15, 0.2) is 53.4 Å². The van der Waals surface area contributed by atoms with E-state index in [9.17, 15) is 23.1 Å². The molecular weight excluding hydrogens is 354 g/mol. The molecule has 0 saturated heterocycles. The average molecular weight is 375 g/mol. The van der Waals surface area contributed by atoms with Crippen LogP contribution in [0.1, 0.15) is 28.4 Å². The molecule has 0 radical (unpaired) electrons. The highest BCUT2D eigenvalue weighted by Crippen LogP contribution is 2.24. The van der Waals surface area contributed by atoms with Gasteiger partial charge in [0.05, 0.1) is 4.90 Å². The van der Waals surface area contributed by atoms with Crippen LogP contribution >= 0.6 is 0 Å². The molecule has 0 aliphatic carbocycles. The number of aryl methyl sites for hydroxylation is 1. The van der Waals surface area contributed by atoms with E-state index in [0.717, 1.165) is 6.26 Å². The van der Waals surface area contributed by atoms with Crippen LogP contribution in [-0.2, 0) is 20.0 Å². The number of benzene rings is 2. The molecule has 0 heterocycles. The molecule has 1 atom stereocenters. The molecule has 1 amide bonds. The van der Waals surface area contributed by atoms with Crippen LogP contribution in [0.2, 0.25) is 0 Å². The van der Waals surface area contributed by atoms with E-state index in [1.54, 1.807) is 43.3 Å². The van der Waals surface area contributed by atoms with Gasteiger partial charge in [0, 0.05) is 18.4 Å². The van der Waals surface area contributed by atoms with Crippen LogP contribution in [-0.4, -0.2) is 38.2 Å². The van der Waals surface area contributed by atoms with Crippen molar-refractivity contribution in [2.75, 3.05) is 12.8 Å². The third-order valence-corrected chi connectivity index (χ3v) is 5.57. The first-order valence-electron chi connectivity index (χ1n) is 7.93. The zero-order valence-corrected chi connectivity index (χ0v) is 15.6. The number of aliphatic carboxylic acids is 1. The molecule has 0 aliphatic rings. The Hall–Kier alpha value is -2.67. The summed E-state index contributed by atoms with van der Waals surface area (Å²) in [5.41, 5.74) is -0.0320. The van der Waals surface area contributed by atoms with Crippen LogP contribution in [0.5, 0.6) is 0 Å². The number of amides is 1. The van der Waals surface area contributed by atoms with E-state index in [2.05, 4.69) is 5.32 Å². The Morgan fingerprint density at radius 3 is 2.27 bits per heavy atom. The summed E-state index contributed by atoms with van der Waals surface area (Å²) in [6, 6.07) is 13.0. The summed E-state index contributed by atoms with van der Waals surface area (Å²) in [6.07, 6.45) is 1.08. The molecule has 0 aliphatic heterocycles. The minimum absolute atomic E-state index is 0.0780. The standard InChI is InChI=1S/C19H21NO5S/c1-13-9-10-14(11-16(13)26(3,24)25)17(21)20-12-19(2,18(22)23)15-7-5-4-6-8-15/h4-11H,12H2,1-3H3,(H,20,21)(H,22,23). The number of carbonyl (C=O) groups excluding carboxylic acids is 1. The van der Waals surface area contributed by atoms with Gasteiger partial charge in [-0.1, -0.05) is 36.4 Å². The maximum Gasteiger partial charge on any atom is 0.315 e. The Labute approximate surface area is 152 Å². The SMILES string of the molecule is Cc1ccc(C(=O)NCC(C)(C(=O)O)c2ccccc2)cc1S(C)(=O)=O. The number of sulfone groups is 1. The van der Waals surface area contributed by atoms with E-state index in [4.69, 9.17) is 0 Å². The third kappa shape index (κ3) is 4.11. The highest BCUT2D eigenvalue weighted by molar-refractivity contribution is 7.90. The predicted octanol–water partition coefficient (Wildman–Crippen LogP) is 2.17. The summed E-state index contributed by atoms with van der Waals surface area (Å²) in [4.78, 5) is 24.3. The molecule has 1 unspecified atom stereocenters. The van der Waals surface area contributed by atoms with Crippen molar-refractivity contribution in [3.8, 4) is 0 Å². The first-order valence-corrected chi connectivity index (χ1v) is 9.82. The highest BCUT2D eigenvalue weighted by atomic mass is 32.2. The van der Waals surface area contributed by atoms with Gasteiger partial charge in [-0.25, -0.2) is 8.42 Å². The number of carboxylic acid groups (broad SMARTS) is 1. The highest BCUT2D eigenvalue weighted by Gasteiger charge is 2.35. The van der Waals surface area contributed by atoms with Crippen molar-refractivity contribution in [1.82, 2.24) is 5.32 Å². The normalized spacial score (nSPS) is 13.7. The monoisotopic (exact) mass is 375 g/mol. The smallest absolute Gasteiger partial charge is 0.315 e. The third-order valence-electron chi connectivity index (χ3n) is 4.34. The van der Waals surface area contributed by atoms with Gasteiger partial charge < -0.3 is 10.4 Å². The molecule has 2 rings (SSSR count). The number of hydrogen-bond acceptors (Lipinski definition) is 4. The predicted molar refractivity (Wildman–Crippen MR) is 98.1 cm³/mol. The fraction of sp³-hybridized carbons (Fsp3) is 0.263. The summed E-state index contributed by atoms with van der Waals surface area (Å²) < 4.78 is 23.6. The molecular formula is C19H21NO5S. The molecule has 26 heavy (non-hydrogen) atoms. The van der Waals surface area contributed by atoms with Crippen molar-refractivity contribution in [2.45, 2.75) is 24.2 Å². The largest absolute Gasteiger partial charge is 0.481 e. The van der Waals surface area contributed by atoms with E-state index in [-0.39, 0.29) is 17.0 Å². The zero-order chi connectivity index (χ0) is 19.5. The number of rotatable bonds is 6. The van der Waals surface area contributed by atoms with Crippen molar-refractivity contribution in [2.24, 2.45) is 0 Å². The van der Waals surface area contributed by atoms with Gasteiger partial charge in [-0.15, -0.1) is 0 Å². The summed E-state index contributed by atoms with van der Waals surface area (Å²) in [5, 5.41) is 12.2. The van der Waals surface area contributed by atoms with Gasteiger partial charge in [-0.05, 0) is 37.1 Å². The van der Waals surface area contributed by atoms with Gasteiger partial charge in [-0.3, -0.25) is 9.59 Å². The minimum Gasteiger partial charge on any atom is -0.481 e. The summed E-state index contributed by atoms with van der Waals surface area (Å²) in [6.45, 7) is 3.05. The molecule has 6 nitrogen and oxygen atoms in total. The summed E-state index contributed by atoms with van der Waals surface area (Å²) in [7, 11) is -3.46. The molecule has 2 aromatic rings. The van der Waals surface area contributed by atoms with Gasteiger partial charge in [0.25, 0.3) is 5.91 Å². The quantitative estimate of drug-likeness (QED) is 0.806. The molecule has 0 fully saturated rings. The Kier molecular flexibility index (Phi) is 5.51. The minimum atomic E-state index is -3.46. The average Bonchev–Trinajstić information content (AvgIpc) is 2.59. The van der Waals surface area contributed by atoms with Crippen LogP contribution in [0.25, 0.3) is 0 Å². The van der Waals surface area contributed by atoms with Gasteiger partial charge in [0.15, 0.2) is 9.84 Å². The molecule has 0 saturated carbocycles. The maximum absolute atomic E-state index is 12.4. The van der Waals surface area contributed by atoms with E-state index < -0.39 is 27.1 Å². The molecule has 7 heteroatoms. The fourth-order valence-electron chi connectivity index (χ4n) is 2.61. The number of nitrogens with one attached hydrogen (secondary N) is 1. The van der Waals surface area contributed by atoms with Gasteiger partial charge in [-0.2, -0.15) is 0 Å². The van der Waals surface area contributed by atoms with Crippen LogP contribution in [0.3, 0.4) is 0 Å². The second-order valence-electron chi connectivity index (χ2n) is 6.44. The first-order chi connectivity index (χ1) is 12.1. The Balaban J connectivity index is 2.26. The lowest BCUT2D eigenvalue weighted by Gasteiger charge is -2.25. The first kappa shape index (κ1) is 19.7.